The van der Waals surface area contributed by atoms with Crippen LogP contribution >= 0.6 is 0 Å². The highest BCUT2D eigenvalue weighted by Crippen LogP contribution is 2.32. The van der Waals surface area contributed by atoms with Crippen molar-refractivity contribution in [2.24, 2.45) is 5.41 Å². The van der Waals surface area contributed by atoms with Crippen molar-refractivity contribution in [3.8, 4) is 0 Å². The Morgan fingerprint density at radius 1 is 1.16 bits per heavy atom. The van der Waals surface area contributed by atoms with Crippen molar-refractivity contribution in [2.45, 2.75) is 66.0 Å². The molecule has 0 unspecified atom stereocenters. The molecule has 1 saturated heterocycles. The molecule has 0 aromatic rings. The summed E-state index contributed by atoms with van der Waals surface area (Å²) in [7, 11) is 0. The molecule has 0 aromatic heterocycles. The largest absolute Gasteiger partial charge is 0.443 e. The number of carbonyl (C=O) groups excluding carboxylic acids is 3. The second kappa shape index (κ2) is 4.94. The van der Waals surface area contributed by atoms with Gasteiger partial charge in [0.15, 0.2) is 0 Å². The highest BCUT2D eigenvalue weighted by molar-refractivity contribution is 6.06. The van der Waals surface area contributed by atoms with Crippen LogP contribution in [0.3, 0.4) is 0 Å². The summed E-state index contributed by atoms with van der Waals surface area (Å²) in [5, 5.41) is 0. The van der Waals surface area contributed by atoms with Crippen LogP contribution in [0.1, 0.15) is 54.4 Å². The minimum Gasteiger partial charge on any atom is -0.443 e. The second-order valence-corrected chi connectivity index (χ2v) is 7.05. The van der Waals surface area contributed by atoms with Gasteiger partial charge in [-0.05, 0) is 26.2 Å². The van der Waals surface area contributed by atoms with E-state index in [1.54, 1.807) is 20.8 Å². The average Bonchev–Trinajstić information content (AvgIpc) is 2.11. The summed E-state index contributed by atoms with van der Waals surface area (Å²) in [6.07, 6.45) is -0.676. The maximum Gasteiger partial charge on any atom is 0.417 e. The Morgan fingerprint density at radius 3 is 2.11 bits per heavy atom. The van der Waals surface area contributed by atoms with E-state index in [-0.39, 0.29) is 24.0 Å². The van der Waals surface area contributed by atoms with E-state index in [9.17, 15) is 14.4 Å². The van der Waals surface area contributed by atoms with Gasteiger partial charge in [0.05, 0.1) is 12.5 Å². The molecule has 108 valence electrons. The average molecular weight is 269 g/mol. The van der Waals surface area contributed by atoms with Crippen LogP contribution in [0.15, 0.2) is 0 Å². The molecule has 0 saturated carbocycles. The third-order valence-electron chi connectivity index (χ3n) is 2.94. The van der Waals surface area contributed by atoms with Crippen molar-refractivity contribution in [1.82, 2.24) is 4.90 Å². The normalized spacial score (nSPS) is 21.6. The van der Waals surface area contributed by atoms with Gasteiger partial charge in [0.2, 0.25) is 5.91 Å². The summed E-state index contributed by atoms with van der Waals surface area (Å²) in [6.45, 7) is 11.0. The lowest BCUT2D eigenvalue weighted by atomic mass is 9.80. The summed E-state index contributed by atoms with van der Waals surface area (Å²) in [5.41, 5.74) is -1.02. The molecule has 1 aliphatic rings. The van der Waals surface area contributed by atoms with E-state index in [0.29, 0.717) is 0 Å². The number of ether oxygens (including phenoxy) is 1. The Kier molecular flexibility index (Phi) is 4.08. The number of hydrogen-bond donors (Lipinski definition) is 0. The minimum absolute atomic E-state index is 0.121. The van der Waals surface area contributed by atoms with Crippen LogP contribution in [0.25, 0.3) is 0 Å². The summed E-state index contributed by atoms with van der Waals surface area (Å²) in [4.78, 5) is 36.9. The van der Waals surface area contributed by atoms with Crippen LogP contribution in [0.4, 0.5) is 4.79 Å². The van der Waals surface area contributed by atoms with E-state index in [2.05, 4.69) is 0 Å². The van der Waals surface area contributed by atoms with Crippen molar-refractivity contribution in [1.29, 1.82) is 0 Å². The van der Waals surface area contributed by atoms with Gasteiger partial charge >= 0.3 is 6.09 Å². The number of nitrogens with zero attached hydrogens (tertiary/aromatic N) is 1. The fourth-order valence-electron chi connectivity index (χ4n) is 2.04. The smallest absolute Gasteiger partial charge is 0.417 e. The molecule has 2 amide bonds. The van der Waals surface area contributed by atoms with Gasteiger partial charge in [-0.25, -0.2) is 9.69 Å². The number of Topliss-reactive ketones (excluding diaryl/α,β-unsaturated/α-hetero) is 1. The van der Waals surface area contributed by atoms with Crippen LogP contribution in [0, 0.1) is 5.41 Å². The van der Waals surface area contributed by atoms with Crippen molar-refractivity contribution in [3.63, 3.8) is 0 Å². The second-order valence-electron chi connectivity index (χ2n) is 7.05. The quantitative estimate of drug-likeness (QED) is 0.634. The van der Waals surface area contributed by atoms with Crippen LogP contribution in [0.5, 0.6) is 0 Å². The van der Waals surface area contributed by atoms with Crippen molar-refractivity contribution in [3.05, 3.63) is 0 Å². The number of rotatable bonds is 0. The Hall–Kier alpha value is -1.39. The number of hydrogen-bond acceptors (Lipinski definition) is 4. The first kappa shape index (κ1) is 15.7. The van der Waals surface area contributed by atoms with E-state index < -0.39 is 23.6 Å². The molecule has 5 nitrogen and oxygen atoms in total. The Labute approximate surface area is 114 Å². The third kappa shape index (κ3) is 4.04. The van der Waals surface area contributed by atoms with Crippen LogP contribution in [-0.2, 0) is 14.3 Å². The molecule has 1 heterocycles. The molecule has 0 aliphatic carbocycles. The minimum atomic E-state index is -0.665. The molecule has 1 fully saturated rings. The lowest BCUT2D eigenvalue weighted by Gasteiger charge is -2.41. The molecule has 1 rings (SSSR count). The van der Waals surface area contributed by atoms with Crippen LogP contribution < -0.4 is 0 Å². The zero-order valence-electron chi connectivity index (χ0n) is 12.6. The Balaban J connectivity index is 3.02. The van der Waals surface area contributed by atoms with E-state index in [4.69, 9.17) is 4.74 Å². The fraction of sp³-hybridized carbons (Fsp3) is 0.786. The van der Waals surface area contributed by atoms with Gasteiger partial charge in [-0.2, -0.15) is 0 Å². The molecule has 1 aliphatic heterocycles. The van der Waals surface area contributed by atoms with Gasteiger partial charge in [0, 0.05) is 6.42 Å². The number of carbonyl (C=O) groups is 3. The lowest BCUT2D eigenvalue weighted by Crippen LogP contribution is -2.56. The summed E-state index contributed by atoms with van der Waals surface area (Å²) in [5.74, 6) is -0.588. The molecule has 0 spiro atoms. The first-order valence-corrected chi connectivity index (χ1v) is 6.48. The number of ketones is 1. The van der Waals surface area contributed by atoms with E-state index >= 15 is 0 Å². The van der Waals surface area contributed by atoms with Crippen molar-refractivity contribution in [2.75, 3.05) is 0 Å². The van der Waals surface area contributed by atoms with Crippen LogP contribution in [-0.4, -0.2) is 34.3 Å². The van der Waals surface area contributed by atoms with Gasteiger partial charge in [-0.15, -0.1) is 0 Å². The van der Waals surface area contributed by atoms with E-state index in [0.717, 1.165) is 4.90 Å². The van der Waals surface area contributed by atoms with Gasteiger partial charge in [0.25, 0.3) is 0 Å². The molecular weight excluding hydrogens is 246 g/mol. The Bertz CT molecular complexity index is 401. The van der Waals surface area contributed by atoms with Gasteiger partial charge in [-0.3, -0.25) is 9.59 Å². The number of likely N-dealkylation sites (tertiary alicyclic amines) is 1. The topological polar surface area (TPSA) is 63.7 Å². The summed E-state index contributed by atoms with van der Waals surface area (Å²) in [6, 6.07) is -0.448. The molecule has 0 N–H and O–H groups in total. The number of imide groups is 1. The van der Waals surface area contributed by atoms with E-state index in [1.165, 1.54) is 0 Å². The molecule has 5 heteroatoms. The highest BCUT2D eigenvalue weighted by atomic mass is 16.6. The lowest BCUT2D eigenvalue weighted by molar-refractivity contribution is -0.144. The Morgan fingerprint density at radius 2 is 1.68 bits per heavy atom. The predicted octanol–water partition coefficient (Wildman–Crippen LogP) is 2.53. The molecule has 19 heavy (non-hydrogen) atoms. The van der Waals surface area contributed by atoms with Crippen LogP contribution in [0.2, 0.25) is 0 Å². The first-order chi connectivity index (χ1) is 8.42. The standard InChI is InChI=1S/C14H23NO4/c1-13(2,3)10-7-9(16)8-11(17)15(10)12(18)19-14(4,5)6/h10H,7-8H2,1-6H3/t10-/m1/s1. The number of piperidine rings is 1. The van der Waals surface area contributed by atoms with Crippen molar-refractivity contribution >= 4 is 17.8 Å². The molecule has 0 radical (unpaired) electrons. The zero-order valence-corrected chi connectivity index (χ0v) is 12.6. The maximum absolute atomic E-state index is 12.2. The summed E-state index contributed by atoms with van der Waals surface area (Å²) >= 11 is 0. The van der Waals surface area contributed by atoms with Gasteiger partial charge in [0.1, 0.15) is 11.4 Å². The third-order valence-corrected chi connectivity index (χ3v) is 2.94. The molecule has 1 atom stereocenters. The summed E-state index contributed by atoms with van der Waals surface area (Å²) < 4.78 is 5.26. The fourth-order valence-corrected chi connectivity index (χ4v) is 2.04. The SMILES string of the molecule is CC(C)(C)OC(=O)N1C(=O)CC(=O)C[C@@H]1C(C)(C)C. The van der Waals surface area contributed by atoms with Gasteiger partial charge < -0.3 is 4.74 Å². The number of amides is 2. The zero-order chi connectivity index (χ0) is 15.0. The molecule has 0 aromatic carbocycles. The predicted molar refractivity (Wildman–Crippen MR) is 70.6 cm³/mol. The van der Waals surface area contributed by atoms with E-state index in [1.807, 2.05) is 20.8 Å². The maximum atomic E-state index is 12.2. The molecular formula is C14H23NO4. The van der Waals surface area contributed by atoms with Gasteiger partial charge in [-0.1, -0.05) is 20.8 Å². The highest BCUT2D eigenvalue weighted by Gasteiger charge is 2.44. The molecule has 0 bridgehead atoms. The van der Waals surface area contributed by atoms with Crippen molar-refractivity contribution < 1.29 is 19.1 Å². The monoisotopic (exact) mass is 269 g/mol. The first-order valence-electron chi connectivity index (χ1n) is 6.48.